The first-order valence-corrected chi connectivity index (χ1v) is 11.9. The highest BCUT2D eigenvalue weighted by molar-refractivity contribution is 6.15. The summed E-state index contributed by atoms with van der Waals surface area (Å²) >= 11 is 0. The number of anilines is 1. The Morgan fingerprint density at radius 2 is 1.72 bits per heavy atom. The molecule has 182 valence electrons. The highest BCUT2D eigenvalue weighted by Gasteiger charge is 2.27. The number of allylic oxidation sites excluding steroid dienone is 1. The monoisotopic (exact) mass is 480 g/mol. The van der Waals surface area contributed by atoms with Gasteiger partial charge in [-0.25, -0.2) is 4.98 Å². The number of hydrogen-bond donors (Lipinski definition) is 1. The number of methoxy groups -OCH3 is 3. The number of nitrogens with one attached hydrogen (secondary N) is 1. The second kappa shape index (κ2) is 10.2. The zero-order valence-electron chi connectivity index (χ0n) is 20.6. The molecule has 0 fully saturated rings. The molecule has 1 N–H and O–H groups in total. The van der Waals surface area contributed by atoms with Gasteiger partial charge in [-0.2, -0.15) is 0 Å². The Kier molecular flexibility index (Phi) is 6.69. The van der Waals surface area contributed by atoms with Crippen molar-refractivity contribution in [1.29, 1.82) is 0 Å². The molecule has 0 aliphatic heterocycles. The summed E-state index contributed by atoms with van der Waals surface area (Å²) in [6, 6.07) is 21.4. The highest BCUT2D eigenvalue weighted by atomic mass is 16.5. The lowest BCUT2D eigenvalue weighted by molar-refractivity contribution is 0.102. The highest BCUT2D eigenvalue weighted by Crippen LogP contribution is 2.39. The number of hydrogen-bond acceptors (Lipinski definition) is 5. The molecule has 0 spiro atoms. The quantitative estimate of drug-likeness (QED) is 0.344. The van der Waals surface area contributed by atoms with E-state index in [1.165, 1.54) is 0 Å². The maximum atomic E-state index is 13.7. The van der Waals surface area contributed by atoms with Crippen LogP contribution in [0.15, 0.2) is 66.7 Å². The maximum absolute atomic E-state index is 13.7. The van der Waals surface area contributed by atoms with Crippen molar-refractivity contribution in [3.05, 3.63) is 94.7 Å². The number of fused-ring (bicyclic) bond motifs is 2. The Balaban J connectivity index is 1.59. The molecule has 1 heterocycles. The molecule has 0 saturated carbocycles. The molecular weight excluding hydrogens is 452 g/mol. The van der Waals surface area contributed by atoms with Gasteiger partial charge in [-0.15, -0.1) is 0 Å². The molecule has 1 amide bonds. The summed E-state index contributed by atoms with van der Waals surface area (Å²) < 4.78 is 16.2. The third kappa shape index (κ3) is 4.43. The van der Waals surface area contributed by atoms with Gasteiger partial charge in [0, 0.05) is 23.7 Å². The molecule has 6 nitrogen and oxygen atoms in total. The molecule has 1 aromatic heterocycles. The number of rotatable bonds is 7. The fraction of sp³-hybridized carbons (Fsp3) is 0.200. The number of carbonyl (C=O) groups excluding carboxylic acids is 1. The molecule has 5 rings (SSSR count). The summed E-state index contributed by atoms with van der Waals surface area (Å²) in [6.45, 7) is 0.420. The number of carbonyl (C=O) groups is 1. The van der Waals surface area contributed by atoms with E-state index in [1.807, 2.05) is 66.7 Å². The molecule has 1 aliphatic carbocycles. The van der Waals surface area contributed by atoms with Crippen LogP contribution >= 0.6 is 0 Å². The second-order valence-electron chi connectivity index (χ2n) is 8.66. The molecule has 3 aromatic carbocycles. The fourth-order valence-electron chi connectivity index (χ4n) is 4.79. The number of aromatic nitrogens is 1. The summed E-state index contributed by atoms with van der Waals surface area (Å²) in [4.78, 5) is 18.7. The van der Waals surface area contributed by atoms with Crippen molar-refractivity contribution in [2.45, 2.75) is 19.4 Å². The van der Waals surface area contributed by atoms with E-state index in [0.717, 1.165) is 57.4 Å². The summed E-state index contributed by atoms with van der Waals surface area (Å²) in [6.07, 6.45) is 3.66. The number of ether oxygens (including phenoxy) is 3. The van der Waals surface area contributed by atoms with Crippen LogP contribution < -0.4 is 14.8 Å². The standard InChI is InChI=1S/C30H28N2O4/c1-34-18-21-8-4-6-10-24(21)32-30(33)28-22-9-5-7-11-25(22)31-29-20(13-14-23(28)29)16-19-12-15-26(35-2)27(17-19)36-3/h4-12,15-17H,13-14,18H2,1-3H3,(H,32,33)/b20-16+. The van der Waals surface area contributed by atoms with E-state index >= 15 is 0 Å². The van der Waals surface area contributed by atoms with Gasteiger partial charge in [0.05, 0.1) is 37.6 Å². The minimum absolute atomic E-state index is 0.138. The molecule has 1 aliphatic rings. The number of benzene rings is 3. The third-order valence-corrected chi connectivity index (χ3v) is 6.48. The number of amides is 1. The Morgan fingerprint density at radius 1 is 0.944 bits per heavy atom. The van der Waals surface area contributed by atoms with Gasteiger partial charge in [0.15, 0.2) is 11.5 Å². The average Bonchev–Trinajstić information content (AvgIpc) is 3.30. The zero-order chi connectivity index (χ0) is 25.1. The average molecular weight is 481 g/mol. The van der Waals surface area contributed by atoms with Crippen LogP contribution in [-0.2, 0) is 17.8 Å². The van der Waals surface area contributed by atoms with Crippen LogP contribution in [0, 0.1) is 0 Å². The topological polar surface area (TPSA) is 69.7 Å². The van der Waals surface area contributed by atoms with Crippen molar-refractivity contribution in [2.75, 3.05) is 26.6 Å². The maximum Gasteiger partial charge on any atom is 0.256 e. The van der Waals surface area contributed by atoms with Crippen molar-refractivity contribution in [3.63, 3.8) is 0 Å². The van der Waals surface area contributed by atoms with E-state index in [4.69, 9.17) is 19.2 Å². The lowest BCUT2D eigenvalue weighted by Gasteiger charge is -2.15. The first kappa shape index (κ1) is 23.6. The van der Waals surface area contributed by atoms with Gasteiger partial charge in [-0.05, 0) is 59.9 Å². The Labute approximate surface area is 210 Å². The van der Waals surface area contributed by atoms with Crippen LogP contribution in [-0.4, -0.2) is 32.2 Å². The molecule has 0 radical (unpaired) electrons. The Bertz CT molecular complexity index is 1480. The molecule has 4 aromatic rings. The van der Waals surface area contributed by atoms with Crippen LogP contribution in [0.4, 0.5) is 5.69 Å². The summed E-state index contributed by atoms with van der Waals surface area (Å²) in [5.74, 6) is 1.22. The molecule has 36 heavy (non-hydrogen) atoms. The minimum Gasteiger partial charge on any atom is -0.493 e. The van der Waals surface area contributed by atoms with Gasteiger partial charge >= 0.3 is 0 Å². The van der Waals surface area contributed by atoms with Gasteiger partial charge in [0.25, 0.3) is 5.91 Å². The van der Waals surface area contributed by atoms with E-state index in [1.54, 1.807) is 21.3 Å². The molecule has 0 saturated heterocycles. The van der Waals surface area contributed by atoms with Crippen molar-refractivity contribution in [2.24, 2.45) is 0 Å². The predicted octanol–water partition coefficient (Wildman–Crippen LogP) is 6.14. The van der Waals surface area contributed by atoms with Crippen LogP contribution in [0.5, 0.6) is 11.5 Å². The largest absolute Gasteiger partial charge is 0.493 e. The van der Waals surface area contributed by atoms with Crippen molar-refractivity contribution in [3.8, 4) is 11.5 Å². The number of pyridine rings is 1. The minimum atomic E-state index is -0.138. The summed E-state index contributed by atoms with van der Waals surface area (Å²) in [5, 5.41) is 3.98. The lowest BCUT2D eigenvalue weighted by Crippen LogP contribution is -2.17. The fourth-order valence-corrected chi connectivity index (χ4v) is 4.79. The number of nitrogens with zero attached hydrogens (tertiary/aromatic N) is 1. The summed E-state index contributed by atoms with van der Waals surface area (Å²) in [5.41, 5.74) is 7.09. The van der Waals surface area contributed by atoms with Crippen molar-refractivity contribution in [1.82, 2.24) is 4.98 Å². The van der Waals surface area contributed by atoms with Gasteiger partial charge in [-0.1, -0.05) is 42.5 Å². The van der Waals surface area contributed by atoms with Crippen LogP contribution in [0.25, 0.3) is 22.6 Å². The second-order valence-corrected chi connectivity index (χ2v) is 8.66. The Morgan fingerprint density at radius 3 is 2.53 bits per heavy atom. The molecule has 0 unspecified atom stereocenters. The first-order valence-electron chi connectivity index (χ1n) is 11.9. The number of para-hydroxylation sites is 2. The molecular formula is C30H28N2O4. The van der Waals surface area contributed by atoms with Crippen LogP contribution in [0.3, 0.4) is 0 Å². The van der Waals surface area contributed by atoms with E-state index in [0.29, 0.717) is 23.7 Å². The van der Waals surface area contributed by atoms with E-state index in [9.17, 15) is 4.79 Å². The van der Waals surface area contributed by atoms with Gasteiger partial charge < -0.3 is 19.5 Å². The SMILES string of the molecule is COCc1ccccc1NC(=O)c1c2c(nc3ccccc13)/C(=C/c1ccc(OC)c(OC)c1)CC2. The predicted molar refractivity (Wildman–Crippen MR) is 143 cm³/mol. The molecule has 0 bridgehead atoms. The van der Waals surface area contributed by atoms with Crippen LogP contribution in [0.2, 0.25) is 0 Å². The van der Waals surface area contributed by atoms with Crippen molar-refractivity contribution >= 4 is 34.1 Å². The zero-order valence-corrected chi connectivity index (χ0v) is 20.6. The normalized spacial score (nSPS) is 13.6. The van der Waals surface area contributed by atoms with Crippen molar-refractivity contribution < 1.29 is 19.0 Å². The lowest BCUT2D eigenvalue weighted by atomic mass is 9.99. The molecule has 6 heteroatoms. The van der Waals surface area contributed by atoms with Gasteiger partial charge in [0.2, 0.25) is 0 Å². The smallest absolute Gasteiger partial charge is 0.256 e. The van der Waals surface area contributed by atoms with Crippen LogP contribution in [0.1, 0.15) is 39.2 Å². The summed E-state index contributed by atoms with van der Waals surface area (Å²) in [7, 11) is 4.90. The van der Waals surface area contributed by atoms with E-state index in [-0.39, 0.29) is 5.91 Å². The third-order valence-electron chi connectivity index (χ3n) is 6.48. The van der Waals surface area contributed by atoms with Gasteiger partial charge in [-0.3, -0.25) is 4.79 Å². The first-order chi connectivity index (χ1) is 17.6. The van der Waals surface area contributed by atoms with E-state index < -0.39 is 0 Å². The van der Waals surface area contributed by atoms with Gasteiger partial charge in [0.1, 0.15) is 0 Å². The van der Waals surface area contributed by atoms with E-state index in [2.05, 4.69) is 11.4 Å². The Hall–Kier alpha value is -4.16. The molecule has 0 atom stereocenters.